The summed E-state index contributed by atoms with van der Waals surface area (Å²) >= 11 is 1.09. The first-order valence-corrected chi connectivity index (χ1v) is 9.08. The van der Waals surface area contributed by atoms with Crippen LogP contribution in [0.3, 0.4) is 0 Å². The van der Waals surface area contributed by atoms with Gasteiger partial charge in [-0.15, -0.1) is 0 Å². The van der Waals surface area contributed by atoms with E-state index in [0.717, 1.165) is 23.7 Å². The zero-order chi connectivity index (χ0) is 18.1. The number of nitrogens with zero attached hydrogens (tertiary/aromatic N) is 2. The summed E-state index contributed by atoms with van der Waals surface area (Å²) in [6.45, 7) is 0. The van der Waals surface area contributed by atoms with Gasteiger partial charge in [-0.05, 0) is 40.8 Å². The summed E-state index contributed by atoms with van der Waals surface area (Å²) in [6.07, 6.45) is 2.38. The van der Waals surface area contributed by atoms with Crippen LogP contribution in [0.25, 0.3) is 11.1 Å². The Labute approximate surface area is 154 Å². The van der Waals surface area contributed by atoms with Gasteiger partial charge in [0.15, 0.2) is 10.8 Å². The zero-order valence-corrected chi connectivity index (χ0v) is 14.5. The minimum Gasteiger partial charge on any atom is -0.293 e. The van der Waals surface area contributed by atoms with Crippen molar-refractivity contribution in [3.8, 4) is 11.1 Å². The molecular formula is C20H14N2O3S. The third-order valence-electron chi connectivity index (χ3n) is 4.41. The monoisotopic (exact) mass is 362 g/mol. The molecule has 0 radical (unpaired) electrons. The fraction of sp³-hybridized carbons (Fsp3) is 0.100. The second-order valence-corrected chi connectivity index (χ2v) is 6.97. The second-order valence-electron chi connectivity index (χ2n) is 6.00. The van der Waals surface area contributed by atoms with Crippen molar-refractivity contribution in [2.75, 3.05) is 5.75 Å². The van der Waals surface area contributed by atoms with E-state index in [2.05, 4.69) is 17.1 Å². The number of pyridine rings is 1. The van der Waals surface area contributed by atoms with Crippen molar-refractivity contribution in [2.45, 2.75) is 11.4 Å². The molecule has 1 aromatic heterocycles. The van der Waals surface area contributed by atoms with E-state index in [1.165, 1.54) is 35.0 Å². The Hall–Kier alpha value is -2.99. The van der Waals surface area contributed by atoms with E-state index in [9.17, 15) is 14.9 Å². The maximum atomic E-state index is 12.6. The number of carbonyl (C=O) groups excluding carboxylic acids is 1. The Kier molecular flexibility index (Phi) is 4.26. The van der Waals surface area contributed by atoms with Gasteiger partial charge in [0.2, 0.25) is 0 Å². The van der Waals surface area contributed by atoms with Gasteiger partial charge < -0.3 is 0 Å². The van der Waals surface area contributed by atoms with Crippen LogP contribution in [-0.2, 0) is 6.42 Å². The van der Waals surface area contributed by atoms with Crippen LogP contribution >= 0.6 is 11.8 Å². The van der Waals surface area contributed by atoms with Crippen molar-refractivity contribution >= 4 is 23.2 Å². The first kappa shape index (κ1) is 16.5. The molecule has 0 spiro atoms. The van der Waals surface area contributed by atoms with Gasteiger partial charge in [-0.25, -0.2) is 4.98 Å². The van der Waals surface area contributed by atoms with Crippen LogP contribution in [0.15, 0.2) is 65.8 Å². The molecule has 6 heteroatoms. The van der Waals surface area contributed by atoms with Crippen LogP contribution in [0.2, 0.25) is 0 Å². The number of nitro groups is 1. The van der Waals surface area contributed by atoms with Gasteiger partial charge in [0.1, 0.15) is 0 Å². The van der Waals surface area contributed by atoms with E-state index >= 15 is 0 Å². The van der Waals surface area contributed by atoms with Crippen molar-refractivity contribution < 1.29 is 9.72 Å². The van der Waals surface area contributed by atoms with Gasteiger partial charge in [0.25, 0.3) is 0 Å². The number of ketones is 1. The molecule has 3 aromatic rings. The van der Waals surface area contributed by atoms with Crippen molar-refractivity contribution in [3.05, 3.63) is 87.6 Å². The molecule has 1 aliphatic carbocycles. The smallest absolute Gasteiger partial charge is 0.293 e. The number of aromatic nitrogens is 1. The van der Waals surface area contributed by atoms with Gasteiger partial charge in [-0.3, -0.25) is 14.9 Å². The van der Waals surface area contributed by atoms with Gasteiger partial charge in [-0.2, -0.15) is 0 Å². The Balaban J connectivity index is 1.55. The molecule has 5 nitrogen and oxygen atoms in total. The van der Waals surface area contributed by atoms with Crippen LogP contribution < -0.4 is 0 Å². The Morgan fingerprint density at radius 2 is 1.88 bits per heavy atom. The number of Topliss-reactive ketones (excluding diaryl/α,β-unsaturated/α-hetero) is 1. The van der Waals surface area contributed by atoms with Gasteiger partial charge in [0.05, 0.1) is 10.7 Å². The Morgan fingerprint density at radius 1 is 1.08 bits per heavy atom. The normalized spacial score (nSPS) is 11.7. The van der Waals surface area contributed by atoms with E-state index in [-0.39, 0.29) is 22.2 Å². The zero-order valence-electron chi connectivity index (χ0n) is 13.7. The van der Waals surface area contributed by atoms with Crippen LogP contribution in [0, 0.1) is 10.1 Å². The molecule has 0 unspecified atom stereocenters. The van der Waals surface area contributed by atoms with E-state index < -0.39 is 4.92 Å². The van der Waals surface area contributed by atoms with Crippen molar-refractivity contribution in [2.24, 2.45) is 0 Å². The molecule has 0 atom stereocenters. The Morgan fingerprint density at radius 3 is 2.73 bits per heavy atom. The highest BCUT2D eigenvalue weighted by Crippen LogP contribution is 2.37. The van der Waals surface area contributed by atoms with Crippen LogP contribution in [0.4, 0.5) is 5.69 Å². The summed E-state index contributed by atoms with van der Waals surface area (Å²) in [5.41, 5.74) is 5.30. The number of hydrogen-bond acceptors (Lipinski definition) is 5. The number of carbonyl (C=O) groups is 1. The molecule has 1 heterocycles. The third-order valence-corrected chi connectivity index (χ3v) is 5.40. The molecule has 0 saturated heterocycles. The first-order valence-electron chi connectivity index (χ1n) is 8.10. The summed E-state index contributed by atoms with van der Waals surface area (Å²) in [5.74, 6) is 0.0419. The molecule has 2 aromatic carbocycles. The molecule has 0 saturated carbocycles. The largest absolute Gasteiger partial charge is 0.301 e. The Bertz CT molecular complexity index is 1030. The third kappa shape index (κ3) is 2.99. The predicted molar refractivity (Wildman–Crippen MR) is 101 cm³/mol. The van der Waals surface area contributed by atoms with E-state index in [0.29, 0.717) is 5.56 Å². The van der Waals surface area contributed by atoms with Gasteiger partial charge in [0, 0.05) is 17.8 Å². The number of hydrogen-bond donors (Lipinski definition) is 0. The summed E-state index contributed by atoms with van der Waals surface area (Å²) < 4.78 is 0. The SMILES string of the molecule is O=C(CSc1ncccc1[N+](=O)[O-])c1ccc2c(c1)-c1ccccc1C2. The molecular weight excluding hydrogens is 348 g/mol. The lowest BCUT2D eigenvalue weighted by Gasteiger charge is -2.05. The summed E-state index contributed by atoms with van der Waals surface area (Å²) in [5, 5.41) is 11.3. The number of benzene rings is 2. The van der Waals surface area contributed by atoms with Gasteiger partial charge in [-0.1, -0.05) is 48.2 Å². The number of rotatable bonds is 5. The highest BCUT2D eigenvalue weighted by Gasteiger charge is 2.20. The molecule has 1 aliphatic rings. The molecule has 4 rings (SSSR count). The van der Waals surface area contributed by atoms with E-state index in [4.69, 9.17) is 0 Å². The summed E-state index contributed by atoms with van der Waals surface area (Å²) in [4.78, 5) is 27.2. The standard InChI is InChI=1S/C20H14N2O3S/c23-19(12-26-20-18(22(24)25)6-3-9-21-20)15-8-7-14-10-13-4-1-2-5-16(13)17(14)11-15/h1-9,11H,10,12H2. The van der Waals surface area contributed by atoms with Gasteiger partial charge >= 0.3 is 5.69 Å². The quantitative estimate of drug-likeness (QED) is 0.226. The van der Waals surface area contributed by atoms with Crippen LogP contribution in [0.5, 0.6) is 0 Å². The van der Waals surface area contributed by atoms with Crippen molar-refractivity contribution in [1.82, 2.24) is 4.98 Å². The minimum absolute atomic E-state index is 0.0675. The first-order chi connectivity index (χ1) is 12.6. The topological polar surface area (TPSA) is 73.1 Å². The summed E-state index contributed by atoms with van der Waals surface area (Å²) in [7, 11) is 0. The van der Waals surface area contributed by atoms with E-state index in [1.54, 1.807) is 0 Å². The fourth-order valence-electron chi connectivity index (χ4n) is 3.15. The number of thioether (sulfide) groups is 1. The molecule has 0 aliphatic heterocycles. The maximum absolute atomic E-state index is 12.6. The maximum Gasteiger partial charge on any atom is 0.301 e. The van der Waals surface area contributed by atoms with Crippen LogP contribution in [0.1, 0.15) is 21.5 Å². The average molecular weight is 362 g/mol. The van der Waals surface area contributed by atoms with E-state index in [1.807, 2.05) is 30.3 Å². The minimum atomic E-state index is -0.480. The van der Waals surface area contributed by atoms with Crippen molar-refractivity contribution in [1.29, 1.82) is 0 Å². The molecule has 128 valence electrons. The average Bonchev–Trinajstić information content (AvgIpc) is 3.04. The lowest BCUT2D eigenvalue weighted by atomic mass is 10.0. The predicted octanol–water partition coefficient (Wildman–Crippen LogP) is 4.54. The van der Waals surface area contributed by atoms with Crippen molar-refractivity contribution in [3.63, 3.8) is 0 Å². The molecule has 26 heavy (non-hydrogen) atoms. The highest BCUT2D eigenvalue weighted by atomic mass is 32.2. The fourth-order valence-corrected chi connectivity index (χ4v) is 4.01. The lowest BCUT2D eigenvalue weighted by Crippen LogP contribution is -2.04. The van der Waals surface area contributed by atoms with Crippen LogP contribution in [-0.4, -0.2) is 21.4 Å². The molecule has 0 N–H and O–H groups in total. The molecule has 0 fully saturated rings. The number of fused-ring (bicyclic) bond motifs is 3. The molecule has 0 bridgehead atoms. The highest BCUT2D eigenvalue weighted by molar-refractivity contribution is 8.00. The lowest BCUT2D eigenvalue weighted by molar-refractivity contribution is -0.388. The second kappa shape index (κ2) is 6.72. The molecule has 0 amide bonds. The summed E-state index contributed by atoms with van der Waals surface area (Å²) in [6, 6.07) is 16.9.